The summed E-state index contributed by atoms with van der Waals surface area (Å²) in [4.78, 5) is 10.2. The predicted octanol–water partition coefficient (Wildman–Crippen LogP) is 3.22. The smallest absolute Gasteiger partial charge is 0.258 e. The minimum Gasteiger partial charge on any atom is -0.258 e. The molecule has 1 fully saturated rings. The molecule has 122 valence electrons. The number of nitrogens with zero attached hydrogens (tertiary/aromatic N) is 2. The van der Waals surface area contributed by atoms with Crippen molar-refractivity contribution in [1.29, 1.82) is 0 Å². The van der Waals surface area contributed by atoms with Crippen LogP contribution in [0, 0.1) is 10.1 Å². The zero-order valence-electron chi connectivity index (χ0n) is 12.3. The van der Waals surface area contributed by atoms with Gasteiger partial charge in [-0.15, -0.1) is 0 Å². The molecule has 6 nitrogen and oxygen atoms in total. The van der Waals surface area contributed by atoms with Crippen molar-refractivity contribution >= 4 is 27.0 Å². The van der Waals surface area contributed by atoms with Crippen LogP contribution in [0.2, 0.25) is 0 Å². The van der Waals surface area contributed by atoms with Crippen molar-refractivity contribution < 1.29 is 13.3 Å². The van der Waals surface area contributed by atoms with Gasteiger partial charge in [-0.1, -0.05) is 12.1 Å². The monoisotopic (exact) mass is 352 g/mol. The molecule has 0 amide bonds. The second-order valence-corrected chi connectivity index (χ2v) is 8.15. The molecular formula is C15H16N2O4S2. The first kappa shape index (κ1) is 16.1. The average Bonchev–Trinajstić information content (AvgIpc) is 3.09. The van der Waals surface area contributed by atoms with E-state index in [-0.39, 0.29) is 10.6 Å². The maximum atomic E-state index is 12.7. The molecule has 1 saturated heterocycles. The van der Waals surface area contributed by atoms with Gasteiger partial charge < -0.3 is 0 Å². The largest absolute Gasteiger partial charge is 0.289 e. The Balaban J connectivity index is 1.81. The highest BCUT2D eigenvalue weighted by Gasteiger charge is 2.34. The first-order chi connectivity index (χ1) is 11.0. The van der Waals surface area contributed by atoms with Crippen LogP contribution in [-0.4, -0.2) is 30.7 Å². The van der Waals surface area contributed by atoms with Gasteiger partial charge in [0, 0.05) is 19.2 Å². The van der Waals surface area contributed by atoms with Crippen LogP contribution in [0.1, 0.15) is 24.3 Å². The second kappa shape index (κ2) is 6.38. The summed E-state index contributed by atoms with van der Waals surface area (Å²) in [6.07, 6.45) is 1.47. The Morgan fingerprint density at radius 1 is 1.17 bits per heavy atom. The molecule has 1 aliphatic heterocycles. The molecule has 3 rings (SSSR count). The summed E-state index contributed by atoms with van der Waals surface area (Å²) < 4.78 is 26.8. The third-order valence-corrected chi connectivity index (χ3v) is 6.80. The highest BCUT2D eigenvalue weighted by Crippen LogP contribution is 2.33. The number of hydrogen-bond donors (Lipinski definition) is 0. The van der Waals surface area contributed by atoms with E-state index in [1.54, 1.807) is 11.3 Å². The zero-order chi connectivity index (χ0) is 16.4. The van der Waals surface area contributed by atoms with Crippen molar-refractivity contribution in [3.63, 3.8) is 0 Å². The maximum absolute atomic E-state index is 12.7. The number of hydrogen-bond acceptors (Lipinski definition) is 5. The number of piperidine rings is 1. The SMILES string of the molecule is O=[N+]([O-])c1ccccc1S(=O)(=O)N1CCC(c2ccsc2)CC1. The molecule has 0 bridgehead atoms. The van der Waals surface area contributed by atoms with Gasteiger partial charge in [0.15, 0.2) is 4.90 Å². The van der Waals surface area contributed by atoms with Gasteiger partial charge in [-0.25, -0.2) is 8.42 Å². The van der Waals surface area contributed by atoms with E-state index < -0.39 is 14.9 Å². The molecule has 0 unspecified atom stereocenters. The molecule has 8 heteroatoms. The fourth-order valence-electron chi connectivity index (χ4n) is 2.90. The summed E-state index contributed by atoms with van der Waals surface area (Å²) in [5, 5.41) is 15.2. The Morgan fingerprint density at radius 2 is 1.87 bits per heavy atom. The molecule has 0 saturated carbocycles. The third kappa shape index (κ3) is 3.15. The van der Waals surface area contributed by atoms with Gasteiger partial charge in [0.25, 0.3) is 5.69 Å². The molecule has 0 spiro atoms. The Labute approximate surface area is 138 Å². The van der Waals surface area contributed by atoms with Crippen LogP contribution in [0.5, 0.6) is 0 Å². The normalized spacial score (nSPS) is 17.2. The summed E-state index contributed by atoms with van der Waals surface area (Å²) in [7, 11) is -3.84. The van der Waals surface area contributed by atoms with E-state index in [2.05, 4.69) is 11.4 Å². The number of nitro groups is 1. The Hall–Kier alpha value is -1.77. The number of sulfonamides is 1. The number of rotatable bonds is 4. The van der Waals surface area contributed by atoms with Crippen LogP contribution in [0.25, 0.3) is 0 Å². The predicted molar refractivity (Wildman–Crippen MR) is 88.1 cm³/mol. The average molecular weight is 352 g/mol. The van der Waals surface area contributed by atoms with Crippen LogP contribution in [0.15, 0.2) is 46.0 Å². The van der Waals surface area contributed by atoms with Crippen LogP contribution < -0.4 is 0 Å². The molecule has 2 aromatic rings. The number of nitro benzene ring substituents is 1. The number of thiophene rings is 1. The van der Waals surface area contributed by atoms with Crippen molar-refractivity contribution in [3.05, 3.63) is 56.8 Å². The molecule has 1 aliphatic rings. The van der Waals surface area contributed by atoms with Gasteiger partial charge in [-0.2, -0.15) is 15.6 Å². The fourth-order valence-corrected chi connectivity index (χ4v) is 5.27. The van der Waals surface area contributed by atoms with Crippen molar-refractivity contribution in [2.45, 2.75) is 23.7 Å². The molecule has 0 atom stereocenters. The van der Waals surface area contributed by atoms with E-state index in [0.29, 0.717) is 19.0 Å². The standard InChI is InChI=1S/C15H16N2O4S2/c18-17(19)14-3-1-2-4-15(14)23(20,21)16-8-5-12(6-9-16)13-7-10-22-11-13/h1-4,7,10-12H,5-6,8-9H2. The molecule has 23 heavy (non-hydrogen) atoms. The molecule has 2 heterocycles. The zero-order valence-corrected chi connectivity index (χ0v) is 13.9. The Kier molecular flexibility index (Phi) is 4.47. The fraction of sp³-hybridized carbons (Fsp3) is 0.333. The summed E-state index contributed by atoms with van der Waals surface area (Å²) >= 11 is 1.63. The van der Waals surface area contributed by atoms with E-state index in [9.17, 15) is 18.5 Å². The van der Waals surface area contributed by atoms with Crippen LogP contribution >= 0.6 is 11.3 Å². The van der Waals surface area contributed by atoms with E-state index in [1.165, 1.54) is 34.1 Å². The van der Waals surface area contributed by atoms with Crippen molar-refractivity contribution in [2.24, 2.45) is 0 Å². The maximum Gasteiger partial charge on any atom is 0.289 e. The van der Waals surface area contributed by atoms with Gasteiger partial charge in [-0.3, -0.25) is 10.1 Å². The molecule has 1 aromatic heterocycles. The van der Waals surface area contributed by atoms with E-state index in [0.717, 1.165) is 12.8 Å². The summed E-state index contributed by atoms with van der Waals surface area (Å²) in [5.41, 5.74) is 0.880. The molecule has 0 radical (unpaired) electrons. The quantitative estimate of drug-likeness (QED) is 0.625. The first-order valence-corrected chi connectivity index (χ1v) is 9.64. The summed E-state index contributed by atoms with van der Waals surface area (Å²) in [6, 6.07) is 7.59. The summed E-state index contributed by atoms with van der Waals surface area (Å²) in [5.74, 6) is 0.360. The number of benzene rings is 1. The topological polar surface area (TPSA) is 80.5 Å². The first-order valence-electron chi connectivity index (χ1n) is 7.26. The number of para-hydroxylation sites is 1. The lowest BCUT2D eigenvalue weighted by atomic mass is 9.92. The minimum absolute atomic E-state index is 0.223. The third-order valence-electron chi connectivity index (χ3n) is 4.15. The van der Waals surface area contributed by atoms with Gasteiger partial charge >= 0.3 is 0 Å². The van der Waals surface area contributed by atoms with Gasteiger partial charge in [0.05, 0.1) is 4.92 Å². The van der Waals surface area contributed by atoms with Crippen molar-refractivity contribution in [2.75, 3.05) is 13.1 Å². The van der Waals surface area contributed by atoms with Crippen LogP contribution in [-0.2, 0) is 10.0 Å². The highest BCUT2D eigenvalue weighted by molar-refractivity contribution is 7.89. The van der Waals surface area contributed by atoms with Crippen LogP contribution in [0.3, 0.4) is 0 Å². The molecular weight excluding hydrogens is 336 g/mol. The molecule has 1 aromatic carbocycles. The lowest BCUT2D eigenvalue weighted by Crippen LogP contribution is -2.38. The minimum atomic E-state index is -3.84. The van der Waals surface area contributed by atoms with Gasteiger partial charge in [0.1, 0.15) is 0 Å². The van der Waals surface area contributed by atoms with Crippen LogP contribution in [0.4, 0.5) is 5.69 Å². The van der Waals surface area contributed by atoms with Gasteiger partial charge in [-0.05, 0) is 47.2 Å². The Morgan fingerprint density at radius 3 is 2.48 bits per heavy atom. The second-order valence-electron chi connectivity index (χ2n) is 5.46. The Bertz CT molecular complexity index is 795. The van der Waals surface area contributed by atoms with E-state index >= 15 is 0 Å². The highest BCUT2D eigenvalue weighted by atomic mass is 32.2. The lowest BCUT2D eigenvalue weighted by molar-refractivity contribution is -0.387. The molecule has 0 N–H and O–H groups in total. The molecule has 0 aliphatic carbocycles. The van der Waals surface area contributed by atoms with E-state index in [4.69, 9.17) is 0 Å². The van der Waals surface area contributed by atoms with Gasteiger partial charge in [0.2, 0.25) is 10.0 Å². The summed E-state index contributed by atoms with van der Waals surface area (Å²) in [6.45, 7) is 0.768. The van der Waals surface area contributed by atoms with Crippen molar-refractivity contribution in [3.8, 4) is 0 Å². The lowest BCUT2D eigenvalue weighted by Gasteiger charge is -2.30. The van der Waals surface area contributed by atoms with E-state index in [1.807, 2.05) is 5.38 Å². The van der Waals surface area contributed by atoms with Crippen molar-refractivity contribution in [1.82, 2.24) is 4.31 Å².